The van der Waals surface area contributed by atoms with Crippen molar-refractivity contribution in [2.75, 3.05) is 6.61 Å². The lowest BCUT2D eigenvalue weighted by atomic mass is 10.2. The molecule has 0 spiro atoms. The van der Waals surface area contributed by atoms with Crippen molar-refractivity contribution < 1.29 is 13.5 Å². The summed E-state index contributed by atoms with van der Waals surface area (Å²) < 4.78 is 28.6. The van der Waals surface area contributed by atoms with Crippen LogP contribution in [0, 0.1) is 0 Å². The van der Waals surface area contributed by atoms with Crippen molar-refractivity contribution in [3.63, 3.8) is 0 Å². The summed E-state index contributed by atoms with van der Waals surface area (Å²) in [5.74, 6) is 0. The fourth-order valence-electron chi connectivity index (χ4n) is 0.819. The quantitative estimate of drug-likeness (QED) is 0.565. The van der Waals surface area contributed by atoms with Crippen LogP contribution in [0.1, 0.15) is 12.8 Å². The number of ether oxygens (including phenoxy) is 1. The Morgan fingerprint density at radius 2 is 2.22 bits per heavy atom. The zero-order valence-corrected chi connectivity index (χ0v) is 5.70. The molecule has 1 unspecified atom stereocenters. The molecule has 0 amide bonds. The molecule has 1 aliphatic heterocycles. The third-order valence-electron chi connectivity index (χ3n) is 1.37. The van der Waals surface area contributed by atoms with Crippen LogP contribution in [0.3, 0.4) is 0 Å². The number of halogens is 2. The number of rotatable bonds is 1. The Morgan fingerprint density at radius 3 is 2.44 bits per heavy atom. The van der Waals surface area contributed by atoms with Crippen molar-refractivity contribution in [1.29, 1.82) is 0 Å². The number of hydrogen-bond acceptors (Lipinski definition) is 2. The maximum atomic E-state index is 11.9. The van der Waals surface area contributed by atoms with Crippen LogP contribution in [0.25, 0.3) is 0 Å². The molecule has 4 heteroatoms. The molecule has 0 radical (unpaired) electrons. The fourth-order valence-corrected chi connectivity index (χ4v) is 1.07. The van der Waals surface area contributed by atoms with E-state index in [4.69, 9.17) is 4.74 Å². The first kappa shape index (κ1) is 7.28. The van der Waals surface area contributed by atoms with E-state index in [1.807, 2.05) is 0 Å². The molecule has 0 N–H and O–H groups in total. The Hall–Kier alpha value is 0.170. The minimum Gasteiger partial charge on any atom is -0.359 e. The van der Waals surface area contributed by atoms with Gasteiger partial charge in [-0.1, -0.05) is 0 Å². The van der Waals surface area contributed by atoms with Gasteiger partial charge in [0, 0.05) is 6.61 Å². The fraction of sp³-hybridized carbons (Fsp3) is 1.00. The van der Waals surface area contributed by atoms with Gasteiger partial charge in [0.15, 0.2) is 4.93 Å². The third-order valence-corrected chi connectivity index (χ3v) is 1.92. The smallest absolute Gasteiger partial charge is 0.276 e. The average Bonchev–Trinajstić information content (AvgIpc) is 2.16. The Bertz CT molecular complexity index is 101. The zero-order valence-electron chi connectivity index (χ0n) is 4.81. The Kier molecular flexibility index (Phi) is 1.96. The van der Waals surface area contributed by atoms with Crippen LogP contribution in [0.15, 0.2) is 0 Å². The van der Waals surface area contributed by atoms with Crippen molar-refractivity contribution in [1.82, 2.24) is 0 Å². The lowest BCUT2D eigenvalue weighted by Crippen LogP contribution is -2.29. The Balaban J connectivity index is 2.51. The standard InChI is InChI=1S/C5H8F2OS/c6-4(7)5(9)2-1-3-8-5/h4,9H,1-3H2. The average molecular weight is 154 g/mol. The van der Waals surface area contributed by atoms with Gasteiger partial charge in [0.25, 0.3) is 6.43 Å². The van der Waals surface area contributed by atoms with Crippen LogP contribution in [0.2, 0.25) is 0 Å². The second-order valence-electron chi connectivity index (χ2n) is 2.10. The van der Waals surface area contributed by atoms with E-state index in [-0.39, 0.29) is 0 Å². The molecule has 1 atom stereocenters. The topological polar surface area (TPSA) is 9.23 Å². The highest BCUT2D eigenvalue weighted by Gasteiger charge is 2.40. The Labute approximate surface area is 57.8 Å². The SMILES string of the molecule is FC(F)C1(S)CCCO1. The molecule has 0 aromatic heterocycles. The molecule has 0 bridgehead atoms. The van der Waals surface area contributed by atoms with Crippen molar-refractivity contribution in [3.8, 4) is 0 Å². The lowest BCUT2D eigenvalue weighted by molar-refractivity contribution is -0.0451. The molecule has 1 saturated heterocycles. The first-order valence-electron chi connectivity index (χ1n) is 2.80. The molecule has 0 aromatic carbocycles. The van der Waals surface area contributed by atoms with Crippen LogP contribution in [-0.2, 0) is 4.74 Å². The maximum absolute atomic E-state index is 11.9. The van der Waals surface area contributed by atoms with Crippen LogP contribution >= 0.6 is 12.6 Å². The van der Waals surface area contributed by atoms with E-state index < -0.39 is 11.4 Å². The number of alkyl halides is 2. The van der Waals surface area contributed by atoms with Crippen LogP contribution in [-0.4, -0.2) is 18.0 Å². The van der Waals surface area contributed by atoms with Gasteiger partial charge < -0.3 is 4.74 Å². The molecule has 1 heterocycles. The van der Waals surface area contributed by atoms with E-state index in [0.717, 1.165) is 0 Å². The van der Waals surface area contributed by atoms with E-state index in [1.165, 1.54) is 0 Å². The molecule has 1 aliphatic rings. The van der Waals surface area contributed by atoms with Gasteiger partial charge in [0.1, 0.15) is 0 Å². The summed E-state index contributed by atoms with van der Waals surface area (Å²) in [6, 6.07) is 0. The van der Waals surface area contributed by atoms with Crippen molar-refractivity contribution in [2.45, 2.75) is 24.2 Å². The van der Waals surface area contributed by atoms with Crippen LogP contribution in [0.5, 0.6) is 0 Å². The highest BCUT2D eigenvalue weighted by Crippen LogP contribution is 2.34. The molecule has 1 rings (SSSR count). The summed E-state index contributed by atoms with van der Waals surface area (Å²) in [6.45, 7) is 0.411. The van der Waals surface area contributed by atoms with Gasteiger partial charge in [0.2, 0.25) is 0 Å². The minimum atomic E-state index is -2.47. The zero-order chi connectivity index (χ0) is 6.91. The molecule has 1 nitrogen and oxygen atoms in total. The summed E-state index contributed by atoms with van der Waals surface area (Å²) in [6.07, 6.45) is -1.43. The third kappa shape index (κ3) is 1.35. The summed E-state index contributed by atoms with van der Waals surface area (Å²) >= 11 is 3.70. The van der Waals surface area contributed by atoms with Crippen molar-refractivity contribution >= 4 is 12.6 Å². The Morgan fingerprint density at radius 1 is 1.56 bits per heavy atom. The van der Waals surface area contributed by atoms with Gasteiger partial charge in [-0.05, 0) is 12.8 Å². The van der Waals surface area contributed by atoms with Gasteiger partial charge in [-0.2, -0.15) is 0 Å². The summed E-state index contributed by atoms with van der Waals surface area (Å²) in [4.78, 5) is -1.44. The summed E-state index contributed by atoms with van der Waals surface area (Å²) in [7, 11) is 0. The van der Waals surface area contributed by atoms with E-state index >= 15 is 0 Å². The van der Waals surface area contributed by atoms with Crippen molar-refractivity contribution in [3.05, 3.63) is 0 Å². The normalized spacial score (nSPS) is 36.0. The van der Waals surface area contributed by atoms with Gasteiger partial charge in [-0.15, -0.1) is 12.6 Å². The minimum absolute atomic E-state index is 0.355. The van der Waals surface area contributed by atoms with E-state index in [1.54, 1.807) is 0 Å². The molecule has 0 saturated carbocycles. The van der Waals surface area contributed by atoms with Gasteiger partial charge in [-0.25, -0.2) is 8.78 Å². The largest absolute Gasteiger partial charge is 0.359 e. The first-order chi connectivity index (χ1) is 4.15. The van der Waals surface area contributed by atoms with Crippen LogP contribution < -0.4 is 0 Å². The van der Waals surface area contributed by atoms with Gasteiger partial charge in [-0.3, -0.25) is 0 Å². The highest BCUT2D eigenvalue weighted by atomic mass is 32.1. The number of hydrogen-bond donors (Lipinski definition) is 1. The van der Waals surface area contributed by atoms with Gasteiger partial charge in [0.05, 0.1) is 0 Å². The van der Waals surface area contributed by atoms with E-state index in [2.05, 4.69) is 12.6 Å². The molecule has 9 heavy (non-hydrogen) atoms. The van der Waals surface area contributed by atoms with E-state index in [9.17, 15) is 8.78 Å². The molecule has 54 valence electrons. The second-order valence-corrected chi connectivity index (χ2v) is 2.85. The highest BCUT2D eigenvalue weighted by molar-refractivity contribution is 7.81. The molecule has 1 fully saturated rings. The molecular formula is C5H8F2OS. The van der Waals surface area contributed by atoms with E-state index in [0.29, 0.717) is 19.4 Å². The predicted octanol–water partition coefficient (Wildman–Crippen LogP) is 1.69. The monoisotopic (exact) mass is 154 g/mol. The van der Waals surface area contributed by atoms with Crippen LogP contribution in [0.4, 0.5) is 8.78 Å². The summed E-state index contributed by atoms with van der Waals surface area (Å²) in [5, 5.41) is 0. The molecular weight excluding hydrogens is 146 g/mol. The lowest BCUT2D eigenvalue weighted by Gasteiger charge is -2.19. The maximum Gasteiger partial charge on any atom is 0.276 e. The second kappa shape index (κ2) is 2.42. The van der Waals surface area contributed by atoms with Gasteiger partial charge >= 0.3 is 0 Å². The first-order valence-corrected chi connectivity index (χ1v) is 3.24. The predicted molar refractivity (Wildman–Crippen MR) is 32.9 cm³/mol. The summed E-state index contributed by atoms with van der Waals surface area (Å²) in [5.41, 5.74) is 0. The van der Waals surface area contributed by atoms with Crippen molar-refractivity contribution in [2.24, 2.45) is 0 Å². The number of thiol groups is 1. The molecule has 0 aliphatic carbocycles. The molecule has 0 aromatic rings.